The lowest BCUT2D eigenvalue weighted by Crippen LogP contribution is -1.99. The van der Waals surface area contributed by atoms with Crippen molar-refractivity contribution in [3.8, 4) is 0 Å². The van der Waals surface area contributed by atoms with Gasteiger partial charge >= 0.3 is 0 Å². The quantitative estimate of drug-likeness (QED) is 0.523. The fraction of sp³-hybridized carbons (Fsp3) is 0.0909. The van der Waals surface area contributed by atoms with Crippen molar-refractivity contribution in [2.45, 2.75) is 6.10 Å². The van der Waals surface area contributed by atoms with Crippen LogP contribution in [0.15, 0.2) is 32.5 Å². The van der Waals surface area contributed by atoms with Crippen LogP contribution in [0.3, 0.4) is 0 Å². The van der Waals surface area contributed by atoms with Gasteiger partial charge in [-0.15, -0.1) is 11.3 Å². The molecule has 90 valence electrons. The van der Waals surface area contributed by atoms with Crippen molar-refractivity contribution in [2.75, 3.05) is 0 Å². The summed E-state index contributed by atoms with van der Waals surface area (Å²) < 4.78 is 2.82. The van der Waals surface area contributed by atoms with Gasteiger partial charge in [-0.25, -0.2) is 0 Å². The van der Waals surface area contributed by atoms with E-state index in [9.17, 15) is 5.11 Å². The van der Waals surface area contributed by atoms with Gasteiger partial charge in [0.25, 0.3) is 0 Å². The Kier molecular flexibility index (Phi) is 4.94. The number of aliphatic hydroxyl groups excluding tert-OH is 1. The molecule has 0 aliphatic rings. The van der Waals surface area contributed by atoms with Crippen LogP contribution in [-0.2, 0) is 0 Å². The van der Waals surface area contributed by atoms with Crippen LogP contribution in [-0.4, -0.2) is 5.11 Å². The summed E-state index contributed by atoms with van der Waals surface area (Å²) in [7, 11) is 0. The SMILES string of the molecule is OC(c1cc(Cl)c(Br)s1)c1cc(Br)ccc1I. The van der Waals surface area contributed by atoms with Gasteiger partial charge in [0.15, 0.2) is 0 Å². The van der Waals surface area contributed by atoms with Gasteiger partial charge in [-0.3, -0.25) is 0 Å². The van der Waals surface area contributed by atoms with E-state index in [1.807, 2.05) is 18.2 Å². The van der Waals surface area contributed by atoms with E-state index in [2.05, 4.69) is 54.5 Å². The third kappa shape index (κ3) is 3.25. The minimum atomic E-state index is -0.645. The van der Waals surface area contributed by atoms with Crippen LogP contribution in [0.25, 0.3) is 0 Å². The second-order valence-electron chi connectivity index (χ2n) is 3.34. The molecule has 1 atom stereocenters. The Hall–Kier alpha value is 0.860. The van der Waals surface area contributed by atoms with E-state index in [-0.39, 0.29) is 0 Å². The van der Waals surface area contributed by atoms with Crippen molar-refractivity contribution < 1.29 is 5.11 Å². The van der Waals surface area contributed by atoms with E-state index in [0.717, 1.165) is 22.3 Å². The second-order valence-corrected chi connectivity index (χ2v) is 8.23. The molecule has 0 aliphatic heterocycles. The van der Waals surface area contributed by atoms with E-state index in [4.69, 9.17) is 11.6 Å². The summed E-state index contributed by atoms with van der Waals surface area (Å²) in [6, 6.07) is 7.63. The molecular weight excluding hydrogens is 502 g/mol. The summed E-state index contributed by atoms with van der Waals surface area (Å²) in [4.78, 5) is 0.831. The topological polar surface area (TPSA) is 20.2 Å². The zero-order chi connectivity index (χ0) is 12.6. The standard InChI is InChI=1S/C11H6Br2ClIOS/c12-5-1-2-8(15)6(3-5)10(16)9-4-7(14)11(13)17-9/h1-4,10,16H. The van der Waals surface area contributed by atoms with E-state index in [1.165, 1.54) is 11.3 Å². The van der Waals surface area contributed by atoms with Crippen LogP contribution in [0.1, 0.15) is 16.5 Å². The van der Waals surface area contributed by atoms with Gasteiger partial charge in [-0.2, -0.15) is 0 Å². The predicted octanol–water partition coefficient (Wildman–Crippen LogP) is 5.61. The van der Waals surface area contributed by atoms with E-state index in [0.29, 0.717) is 5.02 Å². The Bertz CT molecular complexity index is 539. The average molecular weight is 508 g/mol. The average Bonchev–Trinajstić information content (AvgIpc) is 2.62. The summed E-state index contributed by atoms with van der Waals surface area (Å²) in [5.74, 6) is 0. The van der Waals surface area contributed by atoms with Crippen molar-refractivity contribution in [1.29, 1.82) is 0 Å². The molecule has 1 N–H and O–H groups in total. The maximum atomic E-state index is 10.3. The van der Waals surface area contributed by atoms with Gasteiger partial charge in [0, 0.05) is 18.5 Å². The molecule has 0 saturated carbocycles. The molecule has 0 spiro atoms. The first kappa shape index (κ1) is 14.3. The molecular formula is C11H6Br2ClIOS. The van der Waals surface area contributed by atoms with E-state index < -0.39 is 6.10 Å². The first-order chi connectivity index (χ1) is 7.99. The maximum absolute atomic E-state index is 10.3. The summed E-state index contributed by atoms with van der Waals surface area (Å²) >= 11 is 16.4. The summed E-state index contributed by atoms with van der Waals surface area (Å²) in [5, 5.41) is 11.0. The molecule has 0 bridgehead atoms. The molecule has 1 heterocycles. The van der Waals surface area contributed by atoms with E-state index in [1.54, 1.807) is 6.07 Å². The molecule has 1 unspecified atom stereocenters. The fourth-order valence-corrected chi connectivity index (χ4v) is 4.14. The number of thiophene rings is 1. The number of benzene rings is 1. The molecule has 0 amide bonds. The van der Waals surface area contributed by atoms with Crippen molar-refractivity contribution >= 4 is 77.4 Å². The first-order valence-corrected chi connectivity index (χ1v) is 8.42. The number of hydrogen-bond acceptors (Lipinski definition) is 2. The number of rotatable bonds is 2. The highest BCUT2D eigenvalue weighted by Crippen LogP contribution is 2.38. The molecule has 0 saturated heterocycles. The first-order valence-electron chi connectivity index (χ1n) is 4.57. The molecule has 17 heavy (non-hydrogen) atoms. The van der Waals surface area contributed by atoms with Crippen molar-refractivity contribution in [1.82, 2.24) is 0 Å². The molecule has 0 aliphatic carbocycles. The third-order valence-electron chi connectivity index (χ3n) is 2.19. The smallest absolute Gasteiger partial charge is 0.114 e. The minimum absolute atomic E-state index is 0.633. The van der Waals surface area contributed by atoms with Crippen molar-refractivity contribution in [2.24, 2.45) is 0 Å². The highest BCUT2D eigenvalue weighted by Gasteiger charge is 2.17. The Labute approximate surface area is 139 Å². The highest BCUT2D eigenvalue weighted by molar-refractivity contribution is 14.1. The second kappa shape index (κ2) is 5.88. The van der Waals surface area contributed by atoms with Crippen LogP contribution in [0.5, 0.6) is 0 Å². The Morgan fingerprint density at radius 3 is 2.59 bits per heavy atom. The molecule has 1 aromatic carbocycles. The van der Waals surface area contributed by atoms with Crippen LogP contribution >= 0.6 is 77.4 Å². The van der Waals surface area contributed by atoms with E-state index >= 15 is 0 Å². The minimum Gasteiger partial charge on any atom is -0.383 e. The monoisotopic (exact) mass is 506 g/mol. The molecule has 0 radical (unpaired) electrons. The molecule has 6 heteroatoms. The van der Waals surface area contributed by atoms with Gasteiger partial charge in [0.05, 0.1) is 8.81 Å². The van der Waals surface area contributed by atoms with Gasteiger partial charge in [0.2, 0.25) is 0 Å². The Morgan fingerprint density at radius 1 is 1.29 bits per heavy atom. The highest BCUT2D eigenvalue weighted by atomic mass is 127. The molecule has 2 rings (SSSR count). The third-order valence-corrected chi connectivity index (χ3v) is 6.19. The van der Waals surface area contributed by atoms with Crippen LogP contribution < -0.4 is 0 Å². The Morgan fingerprint density at radius 2 is 2.00 bits per heavy atom. The summed E-state index contributed by atoms with van der Waals surface area (Å²) in [6.07, 6.45) is -0.645. The summed E-state index contributed by atoms with van der Waals surface area (Å²) in [6.45, 7) is 0. The maximum Gasteiger partial charge on any atom is 0.114 e. The van der Waals surface area contributed by atoms with Gasteiger partial charge in [0.1, 0.15) is 6.10 Å². The van der Waals surface area contributed by atoms with Gasteiger partial charge in [-0.1, -0.05) is 27.5 Å². The zero-order valence-electron chi connectivity index (χ0n) is 8.25. The molecule has 1 nitrogen and oxygen atoms in total. The number of hydrogen-bond donors (Lipinski definition) is 1. The lowest BCUT2D eigenvalue weighted by atomic mass is 10.1. The Balaban J connectivity index is 2.42. The fourth-order valence-electron chi connectivity index (χ4n) is 1.38. The van der Waals surface area contributed by atoms with Gasteiger partial charge in [-0.05, 0) is 62.8 Å². The van der Waals surface area contributed by atoms with Crippen molar-refractivity contribution in [3.63, 3.8) is 0 Å². The number of aliphatic hydroxyl groups is 1. The van der Waals surface area contributed by atoms with Crippen molar-refractivity contribution in [3.05, 3.63) is 51.6 Å². The lowest BCUT2D eigenvalue weighted by molar-refractivity contribution is 0.223. The largest absolute Gasteiger partial charge is 0.383 e. The van der Waals surface area contributed by atoms with Crippen LogP contribution in [0.2, 0.25) is 5.02 Å². The molecule has 0 fully saturated rings. The van der Waals surface area contributed by atoms with Crippen LogP contribution in [0, 0.1) is 3.57 Å². The van der Waals surface area contributed by atoms with Gasteiger partial charge < -0.3 is 5.11 Å². The lowest BCUT2D eigenvalue weighted by Gasteiger charge is -2.11. The normalized spacial score (nSPS) is 12.8. The summed E-state index contributed by atoms with van der Waals surface area (Å²) in [5.41, 5.74) is 0.880. The number of halogens is 4. The zero-order valence-corrected chi connectivity index (χ0v) is 15.2. The van der Waals surface area contributed by atoms with Crippen LogP contribution in [0.4, 0.5) is 0 Å². The molecule has 1 aromatic heterocycles. The molecule has 2 aromatic rings. The predicted molar refractivity (Wildman–Crippen MR) is 87.9 cm³/mol.